The molecular formula is C20H29N11O18P4. The van der Waals surface area contributed by atoms with E-state index >= 15 is 0 Å². The van der Waals surface area contributed by atoms with Crippen LogP contribution in [-0.2, 0) is 45.4 Å². The molecule has 33 heteroatoms. The Kier molecular flexibility index (Phi) is 10.9. The zero-order chi connectivity index (χ0) is 38.7. The average Bonchev–Trinajstić information content (AvgIpc) is 3.80. The van der Waals surface area contributed by atoms with Gasteiger partial charge >= 0.3 is 31.1 Å². The summed E-state index contributed by atoms with van der Waals surface area (Å²) in [7, 11) is -23.3. The summed E-state index contributed by atoms with van der Waals surface area (Å²) in [6.07, 6.45) is -8.43. The second-order valence-corrected chi connectivity index (χ2v) is 17.7. The third kappa shape index (κ3) is 8.48. The van der Waals surface area contributed by atoms with Crippen LogP contribution >= 0.6 is 31.1 Å². The molecule has 4 aromatic heterocycles. The first-order valence-electron chi connectivity index (χ1n) is 14.4. The second-order valence-electron chi connectivity index (χ2n) is 11.1. The molecule has 0 aliphatic carbocycles. The van der Waals surface area contributed by atoms with Crippen LogP contribution < -0.4 is 16.3 Å². The number of ether oxygens (including phenoxy) is 2. The molecule has 2 aliphatic heterocycles. The van der Waals surface area contributed by atoms with E-state index in [9.17, 15) is 58.3 Å². The largest absolute Gasteiger partial charge is 0.480 e. The number of phosphoric acid groups is 2. The first-order valence-corrected chi connectivity index (χ1v) is 20.5. The first kappa shape index (κ1) is 39.7. The summed E-state index contributed by atoms with van der Waals surface area (Å²) >= 11 is 0. The summed E-state index contributed by atoms with van der Waals surface area (Å²) in [4.78, 5) is 64.3. The Morgan fingerprint density at radius 2 is 1.02 bits per heavy atom. The van der Waals surface area contributed by atoms with Crippen molar-refractivity contribution >= 4 is 65.1 Å². The predicted molar refractivity (Wildman–Crippen MR) is 168 cm³/mol. The standard InChI is InChI=1S/C20H29N11O18P4/c21-15-9-17(25-3-23-15)30(5-27-9)19-13(34)11(32)7(46-19)1-44-52(40,41)48-50(36,37)29-51(38,39)49-53(42,43)45-2-8-12(33)14(35)20(47-8)31-6-28-10-16(22)24-4-26-18(10)31/h3-8,11-14,19-20,32-35H,1-2H2,(H,40,41)(H,42,43)(H2,21,23,25)(H2,22,24,26)(H3,29,36,37,38,39). The molecule has 292 valence electrons. The van der Waals surface area contributed by atoms with Crippen molar-refractivity contribution in [2.24, 2.45) is 0 Å². The van der Waals surface area contributed by atoms with Gasteiger partial charge in [0.1, 0.15) is 60.3 Å². The van der Waals surface area contributed by atoms with Gasteiger partial charge in [0.15, 0.2) is 35.4 Å². The number of nitrogens with zero attached hydrogens (tertiary/aromatic N) is 8. The lowest BCUT2D eigenvalue weighted by atomic mass is 10.1. The van der Waals surface area contributed by atoms with Crippen molar-refractivity contribution in [1.82, 2.24) is 43.9 Å². The average molecular weight is 835 g/mol. The number of aromatic nitrogens is 8. The van der Waals surface area contributed by atoms with E-state index in [1.807, 2.05) is 0 Å². The lowest BCUT2D eigenvalue weighted by Crippen LogP contribution is -2.33. The van der Waals surface area contributed by atoms with Crippen LogP contribution in [0.2, 0.25) is 0 Å². The Hall–Kier alpha value is -2.98. The van der Waals surface area contributed by atoms with Crippen LogP contribution in [0.3, 0.4) is 0 Å². The van der Waals surface area contributed by atoms with E-state index in [1.54, 1.807) is 0 Å². The first-order chi connectivity index (χ1) is 24.7. The number of phosphoric ester groups is 2. The molecule has 0 saturated carbocycles. The normalized spacial score (nSPS) is 30.9. The Bertz CT molecular complexity index is 2040. The van der Waals surface area contributed by atoms with E-state index in [0.29, 0.717) is 0 Å². The lowest BCUT2D eigenvalue weighted by molar-refractivity contribution is -0.0502. The van der Waals surface area contributed by atoms with Gasteiger partial charge in [0.05, 0.1) is 25.9 Å². The molecule has 53 heavy (non-hydrogen) atoms. The summed E-state index contributed by atoms with van der Waals surface area (Å²) in [5.74, 6) is -0.0166. The van der Waals surface area contributed by atoms with Crippen molar-refractivity contribution < 1.29 is 85.4 Å². The Balaban J connectivity index is 1.01. The SMILES string of the molecule is Nc1ncnc2c1ncn2C1OC(COP(=O)(O)OP(=O)(O)NP(=O)(O)OP(=O)(O)OCC2OC(n3cnc4c(N)ncnc43)C(O)C2O)C(O)C1O. The summed E-state index contributed by atoms with van der Waals surface area (Å²) < 4.78 is 80.3. The molecular weight excluding hydrogens is 806 g/mol. The van der Waals surface area contributed by atoms with Crippen LogP contribution in [0.25, 0.3) is 22.3 Å². The number of hydrogen-bond donors (Lipinski definition) is 11. The summed E-state index contributed by atoms with van der Waals surface area (Å²) in [5, 5.41) is 41.8. The highest BCUT2D eigenvalue weighted by Gasteiger charge is 2.49. The van der Waals surface area contributed by atoms with E-state index in [-0.39, 0.29) is 34.0 Å². The predicted octanol–water partition coefficient (Wildman–Crippen LogP) is -2.87. The molecule has 12 unspecified atom stereocenters. The fraction of sp³-hybridized carbons (Fsp3) is 0.500. The summed E-state index contributed by atoms with van der Waals surface area (Å²) in [5.41, 5.74) is 11.9. The van der Waals surface area contributed by atoms with Crippen LogP contribution in [0.15, 0.2) is 25.3 Å². The minimum atomic E-state index is -5.94. The smallest absolute Gasteiger partial charge is 0.387 e. The van der Waals surface area contributed by atoms with Crippen molar-refractivity contribution in [2.75, 3.05) is 24.7 Å². The maximum atomic E-state index is 12.5. The van der Waals surface area contributed by atoms with Gasteiger partial charge in [0, 0.05) is 0 Å². The topological polar surface area (TPSA) is 437 Å². The van der Waals surface area contributed by atoms with Crippen molar-refractivity contribution in [3.63, 3.8) is 0 Å². The number of nitrogens with one attached hydrogen (secondary N) is 1. The third-order valence-electron chi connectivity index (χ3n) is 7.48. The van der Waals surface area contributed by atoms with Crippen LogP contribution in [0.5, 0.6) is 0 Å². The van der Waals surface area contributed by atoms with Gasteiger partial charge < -0.3 is 60.9 Å². The minimum absolute atomic E-state index is 0.00830. The molecule has 6 rings (SSSR count). The molecule has 0 aromatic carbocycles. The highest BCUT2D eigenvalue weighted by Crippen LogP contribution is 2.66. The number of fused-ring (bicyclic) bond motifs is 2. The van der Waals surface area contributed by atoms with Gasteiger partial charge in [-0.05, 0) is 0 Å². The number of nitrogens with two attached hydrogens (primary N) is 2. The quantitative estimate of drug-likeness (QED) is 0.0568. The van der Waals surface area contributed by atoms with Gasteiger partial charge in [0.25, 0.3) is 0 Å². The number of nitrogen functional groups attached to an aromatic ring is 2. The van der Waals surface area contributed by atoms with Crippen LogP contribution in [0, 0.1) is 0 Å². The zero-order valence-electron chi connectivity index (χ0n) is 26.0. The monoisotopic (exact) mass is 835 g/mol. The molecule has 2 saturated heterocycles. The summed E-state index contributed by atoms with van der Waals surface area (Å²) in [6, 6.07) is 0. The van der Waals surface area contributed by atoms with Crippen LogP contribution in [0.1, 0.15) is 12.5 Å². The Morgan fingerprint density at radius 1 is 0.642 bits per heavy atom. The fourth-order valence-corrected chi connectivity index (χ4v) is 10.7. The molecule has 2 fully saturated rings. The van der Waals surface area contributed by atoms with E-state index in [0.717, 1.165) is 30.2 Å². The van der Waals surface area contributed by atoms with E-state index < -0.39 is 93.4 Å². The number of anilines is 2. The van der Waals surface area contributed by atoms with E-state index in [1.165, 1.54) is 9.13 Å². The Labute approximate surface area is 293 Å². The minimum Gasteiger partial charge on any atom is -0.387 e. The Morgan fingerprint density at radius 3 is 1.40 bits per heavy atom. The van der Waals surface area contributed by atoms with Gasteiger partial charge in [0.2, 0.25) is 0 Å². The van der Waals surface area contributed by atoms with Gasteiger partial charge in [-0.3, -0.25) is 18.2 Å². The highest BCUT2D eigenvalue weighted by molar-refractivity contribution is 7.73. The van der Waals surface area contributed by atoms with E-state index in [2.05, 4.69) is 47.6 Å². The molecule has 0 amide bonds. The number of imidazole rings is 2. The lowest BCUT2D eigenvalue weighted by Gasteiger charge is -2.22. The molecule has 0 spiro atoms. The molecule has 6 heterocycles. The number of hydrogen-bond acceptors (Lipinski definition) is 22. The summed E-state index contributed by atoms with van der Waals surface area (Å²) in [6.45, 7) is -2.16. The van der Waals surface area contributed by atoms with Crippen molar-refractivity contribution in [3.05, 3.63) is 25.3 Å². The number of aliphatic hydroxyl groups is 4. The van der Waals surface area contributed by atoms with Crippen LogP contribution in [0.4, 0.5) is 11.6 Å². The van der Waals surface area contributed by atoms with Crippen molar-refractivity contribution in [2.45, 2.75) is 49.1 Å². The number of aliphatic hydroxyl groups excluding tert-OH is 4. The van der Waals surface area contributed by atoms with Crippen LogP contribution in [-0.4, -0.2) is 129 Å². The van der Waals surface area contributed by atoms with Gasteiger partial charge in [-0.25, -0.2) is 48.2 Å². The van der Waals surface area contributed by atoms with Gasteiger partial charge in [-0.2, -0.15) is 8.62 Å². The van der Waals surface area contributed by atoms with Crippen molar-refractivity contribution in [3.8, 4) is 0 Å². The number of rotatable bonds is 14. The zero-order valence-corrected chi connectivity index (χ0v) is 29.6. The molecule has 0 bridgehead atoms. The molecule has 2 aliphatic rings. The third-order valence-corrected chi connectivity index (χ3v) is 13.9. The van der Waals surface area contributed by atoms with Gasteiger partial charge in [-0.1, -0.05) is 0 Å². The van der Waals surface area contributed by atoms with Gasteiger partial charge in [-0.15, -0.1) is 4.86 Å². The molecule has 13 N–H and O–H groups in total. The maximum absolute atomic E-state index is 12.5. The highest BCUT2D eigenvalue weighted by atomic mass is 31.3. The molecule has 29 nitrogen and oxygen atoms in total. The molecule has 0 radical (unpaired) electrons. The maximum Gasteiger partial charge on any atom is 0.480 e. The van der Waals surface area contributed by atoms with Crippen molar-refractivity contribution in [1.29, 1.82) is 0 Å². The molecule has 4 aromatic rings. The van der Waals surface area contributed by atoms with E-state index in [4.69, 9.17) is 20.9 Å². The second kappa shape index (κ2) is 14.6. The molecule has 12 atom stereocenters. The fourth-order valence-electron chi connectivity index (χ4n) is 5.16.